The fourth-order valence-electron chi connectivity index (χ4n) is 0.774. The summed E-state index contributed by atoms with van der Waals surface area (Å²) in [4.78, 5) is 14.9. The number of nitrogens with two attached hydrogens (primary N) is 1. The Bertz CT molecular complexity index is 352. The standard InChI is InChI=1S/C9H12N2O2S/c1-9(2,8(12)13)14-7-6(10)4-3-5-11-7/h3-5H,10H2,1-2H3,(H,12,13). The van der Waals surface area contributed by atoms with Crippen LogP contribution in [0.3, 0.4) is 0 Å². The third-order valence-electron chi connectivity index (χ3n) is 1.67. The Morgan fingerprint density at radius 3 is 2.79 bits per heavy atom. The predicted octanol–water partition coefficient (Wildman–Crippen LogP) is 1.62. The van der Waals surface area contributed by atoms with Crippen molar-refractivity contribution >= 4 is 23.4 Å². The summed E-state index contributed by atoms with van der Waals surface area (Å²) in [6.45, 7) is 3.24. The van der Waals surface area contributed by atoms with Crippen LogP contribution in [0, 0.1) is 0 Å². The van der Waals surface area contributed by atoms with Crippen LogP contribution in [-0.2, 0) is 4.79 Å². The molecule has 0 aliphatic heterocycles. The van der Waals surface area contributed by atoms with Crippen molar-refractivity contribution in [3.63, 3.8) is 0 Å². The largest absolute Gasteiger partial charge is 0.480 e. The highest BCUT2D eigenvalue weighted by Gasteiger charge is 2.29. The highest BCUT2D eigenvalue weighted by Crippen LogP contribution is 2.34. The molecular weight excluding hydrogens is 200 g/mol. The van der Waals surface area contributed by atoms with E-state index in [-0.39, 0.29) is 0 Å². The molecule has 1 heterocycles. The van der Waals surface area contributed by atoms with Crippen LogP contribution in [0.15, 0.2) is 23.4 Å². The van der Waals surface area contributed by atoms with Crippen molar-refractivity contribution in [2.45, 2.75) is 23.6 Å². The first-order chi connectivity index (χ1) is 6.43. The number of nitrogens with zero attached hydrogens (tertiary/aromatic N) is 1. The van der Waals surface area contributed by atoms with Gasteiger partial charge in [0.2, 0.25) is 0 Å². The maximum Gasteiger partial charge on any atom is 0.319 e. The molecule has 0 aromatic carbocycles. The molecule has 5 heteroatoms. The zero-order valence-electron chi connectivity index (χ0n) is 8.02. The topological polar surface area (TPSA) is 76.2 Å². The van der Waals surface area contributed by atoms with Gasteiger partial charge < -0.3 is 10.8 Å². The minimum Gasteiger partial charge on any atom is -0.480 e. The van der Waals surface area contributed by atoms with Gasteiger partial charge in [0.1, 0.15) is 9.77 Å². The third-order valence-corrected chi connectivity index (χ3v) is 2.89. The van der Waals surface area contributed by atoms with Gasteiger partial charge in [-0.3, -0.25) is 4.79 Å². The summed E-state index contributed by atoms with van der Waals surface area (Å²) in [5.74, 6) is -0.882. The average molecular weight is 212 g/mol. The van der Waals surface area contributed by atoms with E-state index >= 15 is 0 Å². The molecule has 0 saturated heterocycles. The number of aromatic nitrogens is 1. The van der Waals surface area contributed by atoms with Gasteiger partial charge in [0, 0.05) is 6.20 Å². The van der Waals surface area contributed by atoms with Crippen molar-refractivity contribution in [2.75, 3.05) is 5.73 Å². The van der Waals surface area contributed by atoms with Gasteiger partial charge in [0.15, 0.2) is 0 Å². The second-order valence-electron chi connectivity index (χ2n) is 3.32. The first-order valence-corrected chi connectivity index (χ1v) is 4.88. The highest BCUT2D eigenvalue weighted by atomic mass is 32.2. The monoisotopic (exact) mass is 212 g/mol. The van der Waals surface area contributed by atoms with Crippen LogP contribution in [0.4, 0.5) is 5.69 Å². The lowest BCUT2D eigenvalue weighted by atomic mass is 10.2. The number of thioether (sulfide) groups is 1. The van der Waals surface area contributed by atoms with E-state index in [1.807, 2.05) is 0 Å². The lowest BCUT2D eigenvalue weighted by Gasteiger charge is -2.18. The van der Waals surface area contributed by atoms with Gasteiger partial charge in [-0.1, -0.05) is 11.8 Å². The quantitative estimate of drug-likeness (QED) is 0.744. The minimum absolute atomic E-state index is 0.506. The van der Waals surface area contributed by atoms with E-state index in [2.05, 4.69) is 4.98 Å². The number of rotatable bonds is 3. The number of pyridine rings is 1. The van der Waals surface area contributed by atoms with E-state index in [4.69, 9.17) is 10.8 Å². The number of hydrogen-bond acceptors (Lipinski definition) is 4. The van der Waals surface area contributed by atoms with Crippen LogP contribution in [0.2, 0.25) is 0 Å². The van der Waals surface area contributed by atoms with E-state index in [0.717, 1.165) is 11.8 Å². The van der Waals surface area contributed by atoms with Crippen molar-refractivity contribution in [1.82, 2.24) is 4.98 Å². The molecule has 0 spiro atoms. The number of aliphatic carboxylic acids is 1. The maximum atomic E-state index is 10.8. The zero-order chi connectivity index (χ0) is 10.8. The maximum absolute atomic E-state index is 10.8. The Hall–Kier alpha value is -1.23. The van der Waals surface area contributed by atoms with Crippen LogP contribution in [0.1, 0.15) is 13.8 Å². The van der Waals surface area contributed by atoms with E-state index < -0.39 is 10.7 Å². The van der Waals surface area contributed by atoms with Gasteiger partial charge in [-0.25, -0.2) is 4.98 Å². The van der Waals surface area contributed by atoms with Crippen LogP contribution in [0.25, 0.3) is 0 Å². The average Bonchev–Trinajstić information content (AvgIpc) is 2.08. The van der Waals surface area contributed by atoms with E-state index in [1.54, 1.807) is 32.2 Å². The Kier molecular flexibility index (Phi) is 3.00. The van der Waals surface area contributed by atoms with E-state index in [9.17, 15) is 4.79 Å². The first-order valence-electron chi connectivity index (χ1n) is 4.06. The lowest BCUT2D eigenvalue weighted by Crippen LogP contribution is -2.27. The molecule has 0 fully saturated rings. The van der Waals surface area contributed by atoms with Gasteiger partial charge in [-0.2, -0.15) is 0 Å². The molecule has 3 N–H and O–H groups in total. The number of nitrogen functional groups attached to an aromatic ring is 1. The lowest BCUT2D eigenvalue weighted by molar-refractivity contribution is -0.138. The molecule has 1 rings (SSSR count). The smallest absolute Gasteiger partial charge is 0.319 e. The normalized spacial score (nSPS) is 11.3. The molecule has 0 aliphatic carbocycles. The van der Waals surface area contributed by atoms with Crippen LogP contribution in [0.5, 0.6) is 0 Å². The molecule has 14 heavy (non-hydrogen) atoms. The number of carbonyl (C=O) groups is 1. The predicted molar refractivity (Wildman–Crippen MR) is 56.2 cm³/mol. The molecule has 0 atom stereocenters. The van der Waals surface area contributed by atoms with Gasteiger partial charge >= 0.3 is 5.97 Å². The van der Waals surface area contributed by atoms with Gasteiger partial charge in [-0.15, -0.1) is 0 Å². The van der Waals surface area contributed by atoms with Crippen molar-refractivity contribution in [1.29, 1.82) is 0 Å². The number of carboxylic acids is 1. The Balaban J connectivity index is 2.89. The van der Waals surface area contributed by atoms with Crippen molar-refractivity contribution < 1.29 is 9.90 Å². The number of hydrogen-bond donors (Lipinski definition) is 2. The minimum atomic E-state index is -0.914. The Morgan fingerprint density at radius 1 is 1.64 bits per heavy atom. The fraction of sp³-hybridized carbons (Fsp3) is 0.333. The second kappa shape index (κ2) is 3.88. The zero-order valence-corrected chi connectivity index (χ0v) is 8.84. The summed E-state index contributed by atoms with van der Waals surface area (Å²) in [6.07, 6.45) is 1.59. The SMILES string of the molecule is CC(C)(Sc1ncccc1N)C(=O)O. The summed E-state index contributed by atoms with van der Waals surface area (Å²) in [6, 6.07) is 3.42. The molecule has 0 unspecified atom stereocenters. The summed E-state index contributed by atoms with van der Waals surface area (Å²) in [5, 5.41) is 9.46. The van der Waals surface area contributed by atoms with E-state index in [0.29, 0.717) is 10.7 Å². The summed E-state index contributed by atoms with van der Waals surface area (Å²) in [7, 11) is 0. The molecule has 0 amide bonds. The van der Waals surface area contributed by atoms with Gasteiger partial charge in [-0.05, 0) is 26.0 Å². The first kappa shape index (κ1) is 10.8. The van der Waals surface area contributed by atoms with Crippen LogP contribution in [-0.4, -0.2) is 20.8 Å². The summed E-state index contributed by atoms with van der Waals surface area (Å²) in [5.41, 5.74) is 6.16. The molecule has 4 nitrogen and oxygen atoms in total. The van der Waals surface area contributed by atoms with Gasteiger partial charge in [0.05, 0.1) is 5.69 Å². The second-order valence-corrected chi connectivity index (χ2v) is 4.93. The third kappa shape index (κ3) is 2.38. The fourth-order valence-corrected chi connectivity index (χ4v) is 1.64. The summed E-state index contributed by atoms with van der Waals surface area (Å²) >= 11 is 1.14. The van der Waals surface area contributed by atoms with Crippen molar-refractivity contribution in [3.8, 4) is 0 Å². The van der Waals surface area contributed by atoms with Gasteiger partial charge in [0.25, 0.3) is 0 Å². The molecule has 1 aromatic heterocycles. The molecular formula is C9H12N2O2S. The molecule has 0 saturated carbocycles. The molecule has 0 bridgehead atoms. The number of anilines is 1. The Morgan fingerprint density at radius 2 is 2.29 bits per heavy atom. The highest BCUT2D eigenvalue weighted by molar-refractivity contribution is 8.01. The van der Waals surface area contributed by atoms with Crippen molar-refractivity contribution in [3.05, 3.63) is 18.3 Å². The van der Waals surface area contributed by atoms with Crippen LogP contribution < -0.4 is 5.73 Å². The Labute approximate surface area is 86.5 Å². The molecule has 0 radical (unpaired) electrons. The molecule has 0 aliphatic rings. The van der Waals surface area contributed by atoms with E-state index in [1.165, 1.54) is 0 Å². The molecule has 1 aromatic rings. The van der Waals surface area contributed by atoms with Crippen molar-refractivity contribution in [2.24, 2.45) is 0 Å². The summed E-state index contributed by atoms with van der Waals surface area (Å²) < 4.78 is -0.914. The van der Waals surface area contributed by atoms with Crippen LogP contribution >= 0.6 is 11.8 Å². The number of carboxylic acid groups (broad SMARTS) is 1. The molecule has 76 valence electrons.